The summed E-state index contributed by atoms with van der Waals surface area (Å²) in [4.78, 5) is 12.0. The molecule has 0 saturated heterocycles. The Bertz CT molecular complexity index is 563. The standard InChI is InChI=1S/C21H26O2/c22-20(17-21(23)19-14-8-4-9-15-19)16-10-2-1-5-11-18-12-6-3-7-13-18/h3-4,6-9,12-15,20,22H,1-2,5,10-11,16-17H2. The van der Waals surface area contributed by atoms with Crippen LogP contribution in [0, 0.1) is 0 Å². The number of unbranched alkanes of at least 4 members (excludes halogenated alkanes) is 3. The molecule has 1 unspecified atom stereocenters. The van der Waals surface area contributed by atoms with Crippen LogP contribution in [0.25, 0.3) is 0 Å². The minimum absolute atomic E-state index is 0.0298. The Labute approximate surface area is 139 Å². The second kappa shape index (κ2) is 9.96. The number of carbonyl (C=O) groups is 1. The minimum atomic E-state index is -0.517. The monoisotopic (exact) mass is 310 g/mol. The summed E-state index contributed by atoms with van der Waals surface area (Å²) in [5, 5.41) is 9.99. The lowest BCUT2D eigenvalue weighted by atomic mass is 10.0. The highest BCUT2D eigenvalue weighted by Crippen LogP contribution is 2.13. The van der Waals surface area contributed by atoms with Gasteiger partial charge in [-0.3, -0.25) is 4.79 Å². The molecule has 0 fully saturated rings. The lowest BCUT2D eigenvalue weighted by Crippen LogP contribution is -2.13. The van der Waals surface area contributed by atoms with E-state index in [-0.39, 0.29) is 12.2 Å². The normalized spacial score (nSPS) is 12.0. The van der Waals surface area contributed by atoms with Crippen molar-refractivity contribution in [3.63, 3.8) is 0 Å². The van der Waals surface area contributed by atoms with Gasteiger partial charge in [-0.05, 0) is 24.8 Å². The van der Waals surface area contributed by atoms with Gasteiger partial charge in [0.15, 0.2) is 5.78 Å². The number of ketones is 1. The average molecular weight is 310 g/mol. The molecule has 1 N–H and O–H groups in total. The van der Waals surface area contributed by atoms with Crippen LogP contribution in [0.2, 0.25) is 0 Å². The molecule has 23 heavy (non-hydrogen) atoms. The maximum atomic E-state index is 12.0. The third kappa shape index (κ3) is 6.79. The molecule has 0 spiro atoms. The Hall–Kier alpha value is -1.93. The van der Waals surface area contributed by atoms with Crippen LogP contribution >= 0.6 is 0 Å². The molecule has 0 aliphatic rings. The predicted molar refractivity (Wildman–Crippen MR) is 94.6 cm³/mol. The van der Waals surface area contributed by atoms with Gasteiger partial charge >= 0.3 is 0 Å². The van der Waals surface area contributed by atoms with Crippen LogP contribution in [0.15, 0.2) is 60.7 Å². The van der Waals surface area contributed by atoms with Crippen molar-refractivity contribution < 1.29 is 9.90 Å². The molecule has 2 rings (SSSR count). The molecule has 0 bridgehead atoms. The molecule has 0 aromatic heterocycles. The van der Waals surface area contributed by atoms with Gasteiger partial charge in [0.05, 0.1) is 6.10 Å². The van der Waals surface area contributed by atoms with Crippen molar-refractivity contribution in [2.75, 3.05) is 0 Å². The first kappa shape index (κ1) is 17.4. The van der Waals surface area contributed by atoms with Crippen molar-refractivity contribution in [3.8, 4) is 0 Å². The molecule has 2 nitrogen and oxygen atoms in total. The largest absolute Gasteiger partial charge is 0.393 e. The zero-order valence-corrected chi connectivity index (χ0v) is 13.7. The van der Waals surface area contributed by atoms with E-state index in [1.165, 1.54) is 18.4 Å². The Morgan fingerprint density at radius 1 is 0.826 bits per heavy atom. The highest BCUT2D eigenvalue weighted by atomic mass is 16.3. The summed E-state index contributed by atoms with van der Waals surface area (Å²) in [6, 6.07) is 19.7. The fraction of sp³-hybridized carbons (Fsp3) is 0.381. The van der Waals surface area contributed by atoms with E-state index in [0.29, 0.717) is 12.0 Å². The molecule has 1 atom stereocenters. The molecule has 0 radical (unpaired) electrons. The molecule has 2 aromatic rings. The molecule has 0 amide bonds. The van der Waals surface area contributed by atoms with E-state index in [1.807, 2.05) is 24.3 Å². The van der Waals surface area contributed by atoms with E-state index in [1.54, 1.807) is 12.1 Å². The molecular weight excluding hydrogens is 284 g/mol. The summed E-state index contributed by atoms with van der Waals surface area (Å²) in [6.07, 6.45) is 6.00. The van der Waals surface area contributed by atoms with E-state index >= 15 is 0 Å². The van der Waals surface area contributed by atoms with Crippen LogP contribution in [-0.4, -0.2) is 17.0 Å². The number of Topliss-reactive ketones (excluding diaryl/α,β-unsaturated/α-hetero) is 1. The first-order valence-corrected chi connectivity index (χ1v) is 8.56. The molecule has 0 heterocycles. The van der Waals surface area contributed by atoms with Gasteiger partial charge in [0.2, 0.25) is 0 Å². The first-order valence-electron chi connectivity index (χ1n) is 8.56. The van der Waals surface area contributed by atoms with Crippen LogP contribution in [0.4, 0.5) is 0 Å². The van der Waals surface area contributed by atoms with Crippen molar-refractivity contribution >= 4 is 5.78 Å². The summed E-state index contributed by atoms with van der Waals surface area (Å²) in [7, 11) is 0. The number of hydrogen-bond donors (Lipinski definition) is 1. The van der Waals surface area contributed by atoms with Crippen LogP contribution < -0.4 is 0 Å². The van der Waals surface area contributed by atoms with Crippen LogP contribution in [0.5, 0.6) is 0 Å². The van der Waals surface area contributed by atoms with E-state index in [2.05, 4.69) is 24.3 Å². The molecule has 2 aromatic carbocycles. The number of hydrogen-bond acceptors (Lipinski definition) is 2. The lowest BCUT2D eigenvalue weighted by Gasteiger charge is -2.09. The van der Waals surface area contributed by atoms with Gasteiger partial charge < -0.3 is 5.11 Å². The molecule has 0 saturated carbocycles. The SMILES string of the molecule is O=C(CC(O)CCCCCCc1ccccc1)c1ccccc1. The summed E-state index contributed by atoms with van der Waals surface area (Å²) in [5.41, 5.74) is 2.08. The van der Waals surface area contributed by atoms with Crippen LogP contribution in [-0.2, 0) is 6.42 Å². The van der Waals surface area contributed by atoms with Gasteiger partial charge in [0, 0.05) is 12.0 Å². The zero-order valence-electron chi connectivity index (χ0n) is 13.7. The second-order valence-electron chi connectivity index (χ2n) is 6.09. The predicted octanol–water partition coefficient (Wildman–Crippen LogP) is 4.81. The van der Waals surface area contributed by atoms with Gasteiger partial charge in [0.25, 0.3) is 0 Å². The van der Waals surface area contributed by atoms with E-state index in [4.69, 9.17) is 0 Å². The van der Waals surface area contributed by atoms with Gasteiger partial charge in [-0.25, -0.2) is 0 Å². The number of aliphatic hydroxyl groups is 1. The topological polar surface area (TPSA) is 37.3 Å². The number of aliphatic hydroxyl groups excluding tert-OH is 1. The van der Waals surface area contributed by atoms with Crippen molar-refractivity contribution in [1.29, 1.82) is 0 Å². The average Bonchev–Trinajstić information content (AvgIpc) is 2.59. The van der Waals surface area contributed by atoms with Crippen LogP contribution in [0.3, 0.4) is 0 Å². The van der Waals surface area contributed by atoms with Crippen molar-refractivity contribution in [2.45, 2.75) is 51.0 Å². The number of benzene rings is 2. The number of carbonyl (C=O) groups excluding carboxylic acids is 1. The Morgan fingerprint density at radius 2 is 1.43 bits per heavy atom. The molecule has 122 valence electrons. The summed E-state index contributed by atoms with van der Waals surface area (Å²) >= 11 is 0. The van der Waals surface area contributed by atoms with Crippen molar-refractivity contribution in [2.24, 2.45) is 0 Å². The highest BCUT2D eigenvalue weighted by molar-refractivity contribution is 5.96. The summed E-state index contributed by atoms with van der Waals surface area (Å²) in [6.45, 7) is 0. The van der Waals surface area contributed by atoms with Gasteiger partial charge in [0.1, 0.15) is 0 Å². The highest BCUT2D eigenvalue weighted by Gasteiger charge is 2.12. The van der Waals surface area contributed by atoms with Crippen molar-refractivity contribution in [3.05, 3.63) is 71.8 Å². The smallest absolute Gasteiger partial charge is 0.165 e. The Morgan fingerprint density at radius 3 is 2.13 bits per heavy atom. The third-order valence-corrected chi connectivity index (χ3v) is 4.11. The maximum absolute atomic E-state index is 12.0. The quantitative estimate of drug-likeness (QED) is 0.505. The number of rotatable bonds is 10. The van der Waals surface area contributed by atoms with E-state index < -0.39 is 6.10 Å². The Kier molecular flexibility index (Phi) is 7.55. The third-order valence-electron chi connectivity index (χ3n) is 4.11. The molecule has 0 aliphatic heterocycles. The van der Waals surface area contributed by atoms with Crippen LogP contribution in [0.1, 0.15) is 54.4 Å². The summed E-state index contributed by atoms with van der Waals surface area (Å²) in [5.74, 6) is 0.0298. The second-order valence-corrected chi connectivity index (χ2v) is 6.09. The van der Waals surface area contributed by atoms with Gasteiger partial charge in [-0.2, -0.15) is 0 Å². The zero-order chi connectivity index (χ0) is 16.3. The molecule has 0 aliphatic carbocycles. The fourth-order valence-corrected chi connectivity index (χ4v) is 2.77. The van der Waals surface area contributed by atoms with Gasteiger partial charge in [-0.15, -0.1) is 0 Å². The molecule has 2 heteroatoms. The maximum Gasteiger partial charge on any atom is 0.165 e. The molecular formula is C21H26O2. The van der Waals surface area contributed by atoms with E-state index in [9.17, 15) is 9.90 Å². The minimum Gasteiger partial charge on any atom is -0.393 e. The fourth-order valence-electron chi connectivity index (χ4n) is 2.77. The van der Waals surface area contributed by atoms with Gasteiger partial charge in [-0.1, -0.05) is 79.9 Å². The van der Waals surface area contributed by atoms with Crippen molar-refractivity contribution in [1.82, 2.24) is 0 Å². The summed E-state index contributed by atoms with van der Waals surface area (Å²) < 4.78 is 0. The Balaban J connectivity index is 1.55. The lowest BCUT2D eigenvalue weighted by molar-refractivity contribution is 0.0864. The van der Waals surface area contributed by atoms with E-state index in [0.717, 1.165) is 19.3 Å². The first-order chi connectivity index (χ1) is 11.3. The number of aryl methyl sites for hydroxylation is 1.